The zero-order valence-corrected chi connectivity index (χ0v) is 13.6. The highest BCUT2D eigenvalue weighted by Crippen LogP contribution is 2.29. The minimum Gasteiger partial charge on any atom is -0.484 e. The number of amides is 2. The van der Waals surface area contributed by atoms with Crippen LogP contribution in [0.5, 0.6) is 5.75 Å². The number of hydrogen-bond donors (Lipinski definition) is 1. The molecule has 0 fully saturated rings. The van der Waals surface area contributed by atoms with Crippen LogP contribution in [-0.4, -0.2) is 35.2 Å². The lowest BCUT2D eigenvalue weighted by Gasteiger charge is -2.29. The van der Waals surface area contributed by atoms with E-state index in [1.807, 2.05) is 6.07 Å². The average Bonchev–Trinajstić information content (AvgIpc) is 3.20. The quantitative estimate of drug-likeness (QED) is 0.774. The summed E-state index contributed by atoms with van der Waals surface area (Å²) in [4.78, 5) is 25.7. The third kappa shape index (κ3) is 3.12. The molecule has 0 saturated heterocycles. The Kier molecular flexibility index (Phi) is 4.06. The molecule has 8 nitrogen and oxygen atoms in total. The number of hydrogen-bond acceptors (Lipinski definition) is 6. The molecular formula is C18H14N4O4. The standard InChI is InChI=1S/C18H14N4O4/c23-16-9-22(15-4-2-1-3-14(15)20-16)17(24)10-25-13-7-5-12(6-8-13)18-21-19-11-26-18/h1-8,11H,9-10H2,(H,20,23). The van der Waals surface area contributed by atoms with Crippen LogP contribution < -0.4 is 15.0 Å². The van der Waals surface area contributed by atoms with E-state index < -0.39 is 0 Å². The van der Waals surface area contributed by atoms with Gasteiger partial charge in [0, 0.05) is 5.56 Å². The van der Waals surface area contributed by atoms with Crippen LogP contribution in [0.25, 0.3) is 11.5 Å². The lowest BCUT2D eigenvalue weighted by Crippen LogP contribution is -2.44. The van der Waals surface area contributed by atoms with Crippen LogP contribution >= 0.6 is 0 Å². The molecule has 3 aromatic rings. The van der Waals surface area contributed by atoms with E-state index in [0.717, 1.165) is 5.56 Å². The Morgan fingerprint density at radius 3 is 2.77 bits per heavy atom. The van der Waals surface area contributed by atoms with Gasteiger partial charge < -0.3 is 14.5 Å². The number of carbonyl (C=O) groups is 2. The molecule has 1 aromatic heterocycles. The number of nitrogens with one attached hydrogen (secondary N) is 1. The number of anilines is 2. The van der Waals surface area contributed by atoms with Gasteiger partial charge in [0.15, 0.2) is 6.61 Å². The van der Waals surface area contributed by atoms with Crippen molar-refractivity contribution in [1.82, 2.24) is 10.2 Å². The summed E-state index contributed by atoms with van der Waals surface area (Å²) in [6, 6.07) is 14.1. The monoisotopic (exact) mass is 350 g/mol. The third-order valence-electron chi connectivity index (χ3n) is 3.90. The van der Waals surface area contributed by atoms with Crippen molar-refractivity contribution in [3.05, 3.63) is 54.9 Å². The van der Waals surface area contributed by atoms with E-state index in [0.29, 0.717) is 23.0 Å². The summed E-state index contributed by atoms with van der Waals surface area (Å²) in [6.07, 6.45) is 1.25. The number of benzene rings is 2. The summed E-state index contributed by atoms with van der Waals surface area (Å²) >= 11 is 0. The third-order valence-corrected chi connectivity index (χ3v) is 3.90. The van der Waals surface area contributed by atoms with Crippen LogP contribution in [0.1, 0.15) is 0 Å². The normalized spacial score (nSPS) is 13.1. The second-order valence-corrected chi connectivity index (χ2v) is 5.60. The molecular weight excluding hydrogens is 336 g/mol. The van der Waals surface area contributed by atoms with Gasteiger partial charge in [-0.1, -0.05) is 12.1 Å². The van der Waals surface area contributed by atoms with Crippen LogP contribution in [0.15, 0.2) is 59.3 Å². The van der Waals surface area contributed by atoms with E-state index in [9.17, 15) is 9.59 Å². The molecule has 26 heavy (non-hydrogen) atoms. The van der Waals surface area contributed by atoms with E-state index in [4.69, 9.17) is 9.15 Å². The highest BCUT2D eigenvalue weighted by Gasteiger charge is 2.26. The van der Waals surface area contributed by atoms with Crippen LogP contribution in [0.3, 0.4) is 0 Å². The fraction of sp³-hybridized carbons (Fsp3) is 0.111. The molecule has 0 atom stereocenters. The van der Waals surface area contributed by atoms with Gasteiger partial charge in [-0.05, 0) is 36.4 Å². The number of nitrogens with zero attached hydrogens (tertiary/aromatic N) is 3. The van der Waals surface area contributed by atoms with Crippen molar-refractivity contribution in [1.29, 1.82) is 0 Å². The van der Waals surface area contributed by atoms with Crippen LogP contribution in [0.4, 0.5) is 11.4 Å². The van der Waals surface area contributed by atoms with Crippen molar-refractivity contribution in [2.24, 2.45) is 0 Å². The molecule has 0 bridgehead atoms. The van der Waals surface area contributed by atoms with E-state index in [1.165, 1.54) is 11.3 Å². The summed E-state index contributed by atoms with van der Waals surface area (Å²) in [5, 5.41) is 10.2. The zero-order valence-electron chi connectivity index (χ0n) is 13.6. The van der Waals surface area contributed by atoms with E-state index in [-0.39, 0.29) is 25.0 Å². The predicted octanol–water partition coefficient (Wildman–Crippen LogP) is 2.10. The van der Waals surface area contributed by atoms with Gasteiger partial charge in [0.05, 0.1) is 11.4 Å². The summed E-state index contributed by atoms with van der Waals surface area (Å²) in [5.41, 5.74) is 2.02. The molecule has 0 unspecified atom stereocenters. The van der Waals surface area contributed by atoms with Crippen molar-refractivity contribution in [3.8, 4) is 17.2 Å². The highest BCUT2D eigenvalue weighted by atomic mass is 16.5. The first-order chi connectivity index (χ1) is 12.7. The van der Waals surface area contributed by atoms with Crippen molar-refractivity contribution in [3.63, 3.8) is 0 Å². The first-order valence-electron chi connectivity index (χ1n) is 7.89. The SMILES string of the molecule is O=C1CN(C(=O)COc2ccc(-c3nnco3)cc2)c2ccccc2N1. The van der Waals surface area contributed by atoms with Gasteiger partial charge in [-0.25, -0.2) is 0 Å². The first-order valence-corrected chi connectivity index (χ1v) is 7.89. The maximum absolute atomic E-state index is 12.5. The summed E-state index contributed by atoms with van der Waals surface area (Å²) in [7, 11) is 0. The minimum absolute atomic E-state index is 0.0324. The van der Waals surface area contributed by atoms with Gasteiger partial charge in [0.2, 0.25) is 18.2 Å². The number of rotatable bonds is 4. The molecule has 1 N–H and O–H groups in total. The van der Waals surface area contributed by atoms with Gasteiger partial charge >= 0.3 is 0 Å². The van der Waals surface area contributed by atoms with Crippen LogP contribution in [-0.2, 0) is 9.59 Å². The second-order valence-electron chi connectivity index (χ2n) is 5.60. The van der Waals surface area contributed by atoms with Crippen LogP contribution in [0.2, 0.25) is 0 Å². The molecule has 2 amide bonds. The molecule has 4 rings (SSSR count). The zero-order chi connectivity index (χ0) is 17.9. The maximum atomic E-state index is 12.5. The summed E-state index contributed by atoms with van der Waals surface area (Å²) < 4.78 is 10.7. The second kappa shape index (κ2) is 6.67. The highest BCUT2D eigenvalue weighted by molar-refractivity contribution is 6.10. The molecule has 0 saturated carbocycles. The maximum Gasteiger partial charge on any atom is 0.265 e. The fourth-order valence-electron chi connectivity index (χ4n) is 2.67. The number of carbonyl (C=O) groups excluding carboxylic acids is 2. The fourth-order valence-corrected chi connectivity index (χ4v) is 2.67. The number of fused-ring (bicyclic) bond motifs is 1. The Morgan fingerprint density at radius 2 is 2.00 bits per heavy atom. The van der Waals surface area contributed by atoms with Gasteiger partial charge in [0.25, 0.3) is 5.91 Å². The lowest BCUT2D eigenvalue weighted by atomic mass is 10.2. The molecule has 0 spiro atoms. The molecule has 0 radical (unpaired) electrons. The molecule has 2 heterocycles. The molecule has 8 heteroatoms. The topological polar surface area (TPSA) is 97.6 Å². The Bertz CT molecular complexity index is 938. The van der Waals surface area contributed by atoms with Gasteiger partial charge in [-0.2, -0.15) is 0 Å². The Hall–Kier alpha value is -3.68. The average molecular weight is 350 g/mol. The van der Waals surface area contributed by atoms with Gasteiger partial charge in [0.1, 0.15) is 12.3 Å². The van der Waals surface area contributed by atoms with E-state index in [2.05, 4.69) is 15.5 Å². The molecule has 1 aliphatic rings. The van der Waals surface area contributed by atoms with Crippen molar-refractivity contribution < 1.29 is 18.7 Å². The number of para-hydroxylation sites is 2. The molecule has 130 valence electrons. The largest absolute Gasteiger partial charge is 0.484 e. The van der Waals surface area contributed by atoms with Crippen molar-refractivity contribution >= 4 is 23.2 Å². The first kappa shape index (κ1) is 15.8. The lowest BCUT2D eigenvalue weighted by molar-refractivity contribution is -0.123. The summed E-state index contributed by atoms with van der Waals surface area (Å²) in [6.45, 7) is -0.211. The molecule has 0 aliphatic carbocycles. The van der Waals surface area contributed by atoms with E-state index >= 15 is 0 Å². The number of ether oxygens (including phenoxy) is 1. The van der Waals surface area contributed by atoms with Crippen molar-refractivity contribution in [2.75, 3.05) is 23.4 Å². The molecule has 2 aromatic carbocycles. The van der Waals surface area contributed by atoms with E-state index in [1.54, 1.807) is 42.5 Å². The molecule has 1 aliphatic heterocycles. The van der Waals surface area contributed by atoms with Crippen molar-refractivity contribution in [2.45, 2.75) is 0 Å². The summed E-state index contributed by atoms with van der Waals surface area (Å²) in [5.74, 6) is 0.397. The van der Waals surface area contributed by atoms with Crippen LogP contribution in [0, 0.1) is 0 Å². The van der Waals surface area contributed by atoms with Gasteiger partial charge in [-0.3, -0.25) is 14.5 Å². The van der Waals surface area contributed by atoms with Gasteiger partial charge in [-0.15, -0.1) is 10.2 Å². The Labute approximate surface area is 148 Å². The number of aromatic nitrogens is 2. The Balaban J connectivity index is 1.43. The minimum atomic E-state index is -0.298. The smallest absolute Gasteiger partial charge is 0.265 e. The predicted molar refractivity (Wildman–Crippen MR) is 92.7 cm³/mol. The Morgan fingerprint density at radius 1 is 1.19 bits per heavy atom.